The summed E-state index contributed by atoms with van der Waals surface area (Å²) in [5, 5.41) is 12.9. The SMILES string of the molecule is Nc1ccc2ccccc2c1C(=O)N[C@@H](CS)C(=O)O. The van der Waals surface area contributed by atoms with E-state index in [-0.39, 0.29) is 11.3 Å². The van der Waals surface area contributed by atoms with E-state index in [9.17, 15) is 9.59 Å². The summed E-state index contributed by atoms with van der Waals surface area (Å²) in [7, 11) is 0. The molecule has 2 aromatic rings. The van der Waals surface area contributed by atoms with Gasteiger partial charge in [-0.2, -0.15) is 12.6 Å². The lowest BCUT2D eigenvalue weighted by atomic mass is 10.0. The molecule has 0 aliphatic rings. The van der Waals surface area contributed by atoms with Crippen molar-refractivity contribution in [1.82, 2.24) is 5.32 Å². The molecule has 2 aromatic carbocycles. The first kappa shape index (κ1) is 14.2. The van der Waals surface area contributed by atoms with Gasteiger partial charge in [0.15, 0.2) is 0 Å². The summed E-state index contributed by atoms with van der Waals surface area (Å²) in [5.74, 6) is -1.64. The standard InChI is InChI=1S/C14H14N2O3S/c15-10-6-5-8-3-1-2-4-9(8)12(10)13(17)16-11(7-20)14(18)19/h1-6,11,20H,7,15H2,(H,16,17)(H,18,19)/t11-/m0/s1. The second-order valence-corrected chi connectivity index (χ2v) is 4.66. The monoisotopic (exact) mass is 290 g/mol. The van der Waals surface area contributed by atoms with Crippen molar-refractivity contribution in [2.45, 2.75) is 6.04 Å². The molecular weight excluding hydrogens is 276 g/mol. The van der Waals surface area contributed by atoms with Crippen molar-refractivity contribution in [3.05, 3.63) is 42.0 Å². The zero-order valence-corrected chi connectivity index (χ0v) is 11.4. The third-order valence-corrected chi connectivity index (χ3v) is 3.34. The molecule has 2 rings (SSSR count). The number of carbonyl (C=O) groups excluding carboxylic acids is 1. The molecule has 6 heteroatoms. The fourth-order valence-electron chi connectivity index (χ4n) is 1.96. The number of nitrogens with one attached hydrogen (secondary N) is 1. The van der Waals surface area contributed by atoms with Crippen LogP contribution in [0.25, 0.3) is 10.8 Å². The summed E-state index contributed by atoms with van der Waals surface area (Å²) in [6.45, 7) is 0. The fourth-order valence-corrected chi connectivity index (χ4v) is 2.21. The van der Waals surface area contributed by atoms with E-state index >= 15 is 0 Å². The third-order valence-electron chi connectivity index (χ3n) is 2.97. The van der Waals surface area contributed by atoms with E-state index in [4.69, 9.17) is 10.8 Å². The largest absolute Gasteiger partial charge is 0.480 e. The minimum Gasteiger partial charge on any atom is -0.480 e. The lowest BCUT2D eigenvalue weighted by molar-refractivity contribution is -0.138. The van der Waals surface area contributed by atoms with Crippen LogP contribution in [0.2, 0.25) is 0 Å². The number of aliphatic carboxylic acids is 1. The number of amides is 1. The number of carboxylic acid groups (broad SMARTS) is 1. The highest BCUT2D eigenvalue weighted by atomic mass is 32.1. The molecule has 0 saturated carbocycles. The molecule has 0 aliphatic heterocycles. The van der Waals surface area contributed by atoms with Gasteiger partial charge in [-0.3, -0.25) is 4.79 Å². The maximum absolute atomic E-state index is 12.3. The van der Waals surface area contributed by atoms with E-state index < -0.39 is 17.9 Å². The summed E-state index contributed by atoms with van der Waals surface area (Å²) in [4.78, 5) is 23.2. The lowest BCUT2D eigenvalue weighted by Crippen LogP contribution is -2.42. The maximum atomic E-state index is 12.3. The predicted molar refractivity (Wildman–Crippen MR) is 81.1 cm³/mol. The summed E-state index contributed by atoms with van der Waals surface area (Å²) < 4.78 is 0. The van der Waals surface area contributed by atoms with E-state index in [1.54, 1.807) is 18.2 Å². The molecule has 0 aliphatic carbocycles. The number of hydrogen-bond donors (Lipinski definition) is 4. The Balaban J connectivity index is 2.44. The van der Waals surface area contributed by atoms with Crippen LogP contribution < -0.4 is 11.1 Å². The Labute approximate surface area is 121 Å². The molecule has 0 bridgehead atoms. The average molecular weight is 290 g/mol. The van der Waals surface area contributed by atoms with Crippen LogP contribution in [0.1, 0.15) is 10.4 Å². The molecule has 0 unspecified atom stereocenters. The number of fused-ring (bicyclic) bond motifs is 1. The molecule has 0 spiro atoms. The Hall–Kier alpha value is -2.21. The highest BCUT2D eigenvalue weighted by Crippen LogP contribution is 2.24. The summed E-state index contributed by atoms with van der Waals surface area (Å²) in [6, 6.07) is 9.68. The van der Waals surface area contributed by atoms with Crippen LogP contribution in [0, 0.1) is 0 Å². The van der Waals surface area contributed by atoms with E-state index in [0.29, 0.717) is 11.1 Å². The number of carbonyl (C=O) groups is 2. The van der Waals surface area contributed by atoms with E-state index in [1.165, 1.54) is 0 Å². The predicted octanol–water partition coefficient (Wildman–Crippen LogP) is 1.53. The van der Waals surface area contributed by atoms with Crippen molar-refractivity contribution in [1.29, 1.82) is 0 Å². The number of rotatable bonds is 4. The van der Waals surface area contributed by atoms with Gasteiger partial charge in [-0.15, -0.1) is 0 Å². The first-order chi connectivity index (χ1) is 9.54. The van der Waals surface area contributed by atoms with Gasteiger partial charge in [0.25, 0.3) is 5.91 Å². The van der Waals surface area contributed by atoms with E-state index in [1.807, 2.05) is 18.2 Å². The number of thiol groups is 1. The van der Waals surface area contributed by atoms with E-state index in [0.717, 1.165) is 5.39 Å². The van der Waals surface area contributed by atoms with Gasteiger partial charge in [-0.1, -0.05) is 30.3 Å². The minimum absolute atomic E-state index is 0.00570. The molecule has 20 heavy (non-hydrogen) atoms. The van der Waals surface area contributed by atoms with Gasteiger partial charge in [-0.05, 0) is 16.8 Å². The van der Waals surface area contributed by atoms with Gasteiger partial charge in [0.05, 0.1) is 5.56 Å². The average Bonchev–Trinajstić information content (AvgIpc) is 2.44. The van der Waals surface area contributed by atoms with Gasteiger partial charge in [-0.25, -0.2) is 4.79 Å². The molecule has 0 fully saturated rings. The Kier molecular flexibility index (Phi) is 4.14. The summed E-state index contributed by atoms with van der Waals surface area (Å²) in [6.07, 6.45) is 0. The maximum Gasteiger partial charge on any atom is 0.327 e. The van der Waals surface area contributed by atoms with Gasteiger partial charge < -0.3 is 16.2 Å². The van der Waals surface area contributed by atoms with Gasteiger partial charge in [0, 0.05) is 11.4 Å². The highest BCUT2D eigenvalue weighted by Gasteiger charge is 2.21. The normalized spacial score (nSPS) is 12.1. The van der Waals surface area contributed by atoms with Crippen molar-refractivity contribution in [3.8, 4) is 0 Å². The third kappa shape index (κ3) is 2.70. The Bertz CT molecular complexity index is 673. The van der Waals surface area contributed by atoms with Crippen molar-refractivity contribution in [2.24, 2.45) is 0 Å². The van der Waals surface area contributed by atoms with Crippen LogP contribution in [0.15, 0.2) is 36.4 Å². The molecule has 0 aromatic heterocycles. The molecule has 0 saturated heterocycles. The van der Waals surface area contributed by atoms with Crippen LogP contribution in [0.5, 0.6) is 0 Å². The first-order valence-corrected chi connectivity index (χ1v) is 6.59. The van der Waals surface area contributed by atoms with Crippen molar-refractivity contribution < 1.29 is 14.7 Å². The summed E-state index contributed by atoms with van der Waals surface area (Å²) in [5.41, 5.74) is 6.45. The zero-order valence-electron chi connectivity index (χ0n) is 10.5. The van der Waals surface area contributed by atoms with Crippen molar-refractivity contribution in [3.63, 3.8) is 0 Å². The van der Waals surface area contributed by atoms with Crippen molar-refractivity contribution >= 4 is 41.0 Å². The molecule has 1 atom stereocenters. The quantitative estimate of drug-likeness (QED) is 0.507. The number of carboxylic acids is 1. The number of nitrogen functional groups attached to an aromatic ring is 1. The Morgan fingerprint density at radius 3 is 2.60 bits per heavy atom. The van der Waals surface area contributed by atoms with Crippen LogP contribution >= 0.6 is 12.6 Å². The lowest BCUT2D eigenvalue weighted by Gasteiger charge is -2.14. The fraction of sp³-hybridized carbons (Fsp3) is 0.143. The molecule has 0 heterocycles. The van der Waals surface area contributed by atoms with Crippen LogP contribution in [-0.2, 0) is 4.79 Å². The first-order valence-electron chi connectivity index (χ1n) is 5.96. The smallest absolute Gasteiger partial charge is 0.327 e. The second kappa shape index (κ2) is 5.83. The highest BCUT2D eigenvalue weighted by molar-refractivity contribution is 7.80. The number of anilines is 1. The molecule has 5 nitrogen and oxygen atoms in total. The Morgan fingerprint density at radius 1 is 1.25 bits per heavy atom. The number of nitrogens with two attached hydrogens (primary N) is 1. The van der Waals surface area contributed by atoms with Gasteiger partial charge in [0.2, 0.25) is 0 Å². The molecule has 0 radical (unpaired) electrons. The zero-order chi connectivity index (χ0) is 14.7. The molecular formula is C14H14N2O3S. The van der Waals surface area contributed by atoms with Crippen molar-refractivity contribution in [2.75, 3.05) is 11.5 Å². The minimum atomic E-state index is -1.13. The van der Waals surface area contributed by atoms with Gasteiger partial charge in [0.1, 0.15) is 6.04 Å². The van der Waals surface area contributed by atoms with Crippen LogP contribution in [-0.4, -0.2) is 28.8 Å². The topological polar surface area (TPSA) is 92.4 Å². The second-order valence-electron chi connectivity index (χ2n) is 4.30. The van der Waals surface area contributed by atoms with Gasteiger partial charge >= 0.3 is 5.97 Å². The number of benzene rings is 2. The number of hydrogen-bond acceptors (Lipinski definition) is 4. The van der Waals surface area contributed by atoms with E-state index in [2.05, 4.69) is 17.9 Å². The van der Waals surface area contributed by atoms with Crippen LogP contribution in [0.3, 0.4) is 0 Å². The molecule has 4 N–H and O–H groups in total. The summed E-state index contributed by atoms with van der Waals surface area (Å²) >= 11 is 3.91. The Morgan fingerprint density at radius 2 is 1.95 bits per heavy atom. The van der Waals surface area contributed by atoms with Crippen LogP contribution in [0.4, 0.5) is 5.69 Å². The molecule has 104 valence electrons. The molecule has 1 amide bonds.